The molecule has 75 valence electrons. The number of rotatable bonds is 4. The van der Waals surface area contributed by atoms with Crippen molar-refractivity contribution in [1.29, 1.82) is 0 Å². The van der Waals surface area contributed by atoms with E-state index in [0.717, 1.165) is 0 Å². The van der Waals surface area contributed by atoms with Crippen molar-refractivity contribution in [1.82, 2.24) is 0 Å². The van der Waals surface area contributed by atoms with Crippen molar-refractivity contribution in [2.24, 2.45) is 0 Å². The maximum absolute atomic E-state index is 9.71. The summed E-state index contributed by atoms with van der Waals surface area (Å²) in [7, 11) is -5.00. The number of phosphoric ester groups is 1. The number of hydrogen-bond acceptors (Lipinski definition) is 6. The Morgan fingerprint density at radius 2 is 1.92 bits per heavy atom. The van der Waals surface area contributed by atoms with Gasteiger partial charge in [-0.3, -0.25) is 0 Å². The Morgan fingerprint density at radius 1 is 1.50 bits per heavy atom. The van der Waals surface area contributed by atoms with E-state index in [1.807, 2.05) is 0 Å². The van der Waals surface area contributed by atoms with Crippen molar-refractivity contribution in [3.8, 4) is 0 Å². The topological polar surface area (TPSA) is 144 Å². The molecule has 0 bridgehead atoms. The van der Waals surface area contributed by atoms with Gasteiger partial charge >= 0.3 is 17.1 Å². The average Bonchev–Trinajstić information content (AvgIpc) is 1.81. The van der Waals surface area contributed by atoms with E-state index in [0.29, 0.717) is 0 Å². The SMILES string of the molecule is O.O=P([O-])([O-])OCC(O)CO.[Mn+2]. The van der Waals surface area contributed by atoms with Gasteiger partial charge in [0.05, 0.1) is 21.0 Å². The van der Waals surface area contributed by atoms with Gasteiger partial charge < -0.3 is 34.6 Å². The second-order valence-electron chi connectivity index (χ2n) is 1.58. The Labute approximate surface area is 79.4 Å². The molecule has 0 spiro atoms. The molecule has 9 heteroatoms. The van der Waals surface area contributed by atoms with Crippen molar-refractivity contribution >= 4 is 7.82 Å². The van der Waals surface area contributed by atoms with Crippen LogP contribution < -0.4 is 9.79 Å². The third-order valence-corrected chi connectivity index (χ3v) is 1.10. The summed E-state index contributed by atoms with van der Waals surface area (Å²) in [5.74, 6) is 0. The van der Waals surface area contributed by atoms with Gasteiger partial charge in [-0.05, 0) is 0 Å². The molecule has 0 aliphatic rings. The molecule has 7 nitrogen and oxygen atoms in total. The van der Waals surface area contributed by atoms with Crippen molar-refractivity contribution in [2.75, 3.05) is 13.2 Å². The van der Waals surface area contributed by atoms with Gasteiger partial charge in [0, 0.05) is 0 Å². The molecule has 0 aromatic carbocycles. The maximum Gasteiger partial charge on any atom is 2.00 e. The molecule has 0 saturated carbocycles. The van der Waals surface area contributed by atoms with E-state index in [9.17, 15) is 14.4 Å². The summed E-state index contributed by atoms with van der Waals surface area (Å²) in [4.78, 5) is 19.4. The molecule has 0 aliphatic carbocycles. The van der Waals surface area contributed by atoms with Crippen LogP contribution in [-0.2, 0) is 26.2 Å². The van der Waals surface area contributed by atoms with Crippen LogP contribution in [0.1, 0.15) is 0 Å². The standard InChI is InChI=1S/C3H9O6P.Mn.H2O/c4-1-3(5)2-9-10(6,7)8;;/h3-5H,1-2H2,(H2,6,7,8);;1H2/q;+2;/p-2. The first kappa shape index (κ1) is 18.3. The smallest absolute Gasteiger partial charge is 0.790 e. The molecule has 0 aromatic heterocycles. The van der Waals surface area contributed by atoms with Gasteiger partial charge in [-0.1, -0.05) is 0 Å². The van der Waals surface area contributed by atoms with Crippen LogP contribution in [0, 0.1) is 0 Å². The van der Waals surface area contributed by atoms with E-state index in [2.05, 4.69) is 4.52 Å². The number of phosphoric acid groups is 1. The van der Waals surface area contributed by atoms with E-state index in [4.69, 9.17) is 10.2 Å². The predicted octanol–water partition coefficient (Wildman–Crippen LogP) is -3.64. The molecule has 0 fully saturated rings. The van der Waals surface area contributed by atoms with Crippen LogP contribution in [0.3, 0.4) is 0 Å². The first-order valence-corrected chi connectivity index (χ1v) is 3.87. The summed E-state index contributed by atoms with van der Waals surface area (Å²) in [6.07, 6.45) is -1.32. The zero-order valence-corrected chi connectivity index (χ0v) is 7.92. The molecule has 0 aliphatic heterocycles. The van der Waals surface area contributed by atoms with Crippen LogP contribution in [0.2, 0.25) is 0 Å². The molecule has 1 atom stereocenters. The van der Waals surface area contributed by atoms with E-state index in [-0.39, 0.29) is 22.5 Å². The average molecular weight is 243 g/mol. The largest absolute Gasteiger partial charge is 2.00 e. The molecule has 0 amide bonds. The summed E-state index contributed by atoms with van der Waals surface area (Å²) in [6.45, 7) is -1.33. The molecular weight excluding hydrogens is 234 g/mol. The van der Waals surface area contributed by atoms with Gasteiger partial charge in [0.2, 0.25) is 0 Å². The molecule has 1 radical (unpaired) electrons. The minimum absolute atomic E-state index is 0. The van der Waals surface area contributed by atoms with Gasteiger partial charge in [0.15, 0.2) is 0 Å². The molecule has 1 unspecified atom stereocenters. The Kier molecular flexibility index (Phi) is 12.4. The van der Waals surface area contributed by atoms with Gasteiger partial charge in [-0.15, -0.1) is 0 Å². The molecule has 0 aromatic rings. The Morgan fingerprint density at radius 3 is 2.17 bits per heavy atom. The fourth-order valence-electron chi connectivity index (χ4n) is 0.230. The number of aliphatic hydroxyl groups excluding tert-OH is 2. The van der Waals surface area contributed by atoms with E-state index >= 15 is 0 Å². The van der Waals surface area contributed by atoms with Gasteiger partial charge in [0.1, 0.15) is 6.10 Å². The quantitative estimate of drug-likeness (QED) is 0.384. The van der Waals surface area contributed by atoms with Gasteiger partial charge in [-0.2, -0.15) is 0 Å². The summed E-state index contributed by atoms with van der Waals surface area (Å²) in [5.41, 5.74) is 0. The first-order chi connectivity index (χ1) is 4.45. The number of hydrogen-bond donors (Lipinski definition) is 2. The van der Waals surface area contributed by atoms with Crippen molar-refractivity contribution in [3.63, 3.8) is 0 Å². The number of aliphatic hydroxyl groups is 2. The normalized spacial score (nSPS) is 12.7. The van der Waals surface area contributed by atoms with Gasteiger partial charge in [-0.25, -0.2) is 0 Å². The van der Waals surface area contributed by atoms with E-state index in [1.54, 1.807) is 0 Å². The summed E-state index contributed by atoms with van der Waals surface area (Å²) in [5, 5.41) is 16.6. The Bertz CT molecular complexity index is 135. The fourth-order valence-corrected chi connectivity index (χ4v) is 0.585. The first-order valence-electron chi connectivity index (χ1n) is 2.41. The molecule has 0 heterocycles. The van der Waals surface area contributed by atoms with Gasteiger partial charge in [0.25, 0.3) is 0 Å². The second-order valence-corrected chi connectivity index (χ2v) is 2.73. The van der Waals surface area contributed by atoms with Crippen molar-refractivity contribution in [2.45, 2.75) is 6.10 Å². The van der Waals surface area contributed by atoms with Crippen molar-refractivity contribution < 1.29 is 51.6 Å². The van der Waals surface area contributed by atoms with E-state index < -0.39 is 27.1 Å². The van der Waals surface area contributed by atoms with Crippen LogP contribution in [0.5, 0.6) is 0 Å². The predicted molar refractivity (Wildman–Crippen MR) is 30.3 cm³/mol. The summed E-state index contributed by atoms with van der Waals surface area (Å²) >= 11 is 0. The van der Waals surface area contributed by atoms with E-state index in [1.165, 1.54) is 0 Å². The maximum atomic E-state index is 9.71. The van der Waals surface area contributed by atoms with Crippen LogP contribution in [0.15, 0.2) is 0 Å². The Hall–Kier alpha value is 0.509. The van der Waals surface area contributed by atoms with Crippen LogP contribution >= 0.6 is 7.82 Å². The minimum Gasteiger partial charge on any atom is -0.790 e. The molecule has 0 saturated heterocycles. The van der Waals surface area contributed by atoms with Crippen LogP contribution in [0.25, 0.3) is 0 Å². The molecule has 0 rings (SSSR count). The summed E-state index contributed by atoms with van der Waals surface area (Å²) < 4.78 is 13.3. The molecular formula is C3H9MnO7P. The second kappa shape index (κ2) is 8.12. The zero-order valence-electron chi connectivity index (χ0n) is 5.84. The van der Waals surface area contributed by atoms with Crippen LogP contribution in [-0.4, -0.2) is 35.0 Å². The van der Waals surface area contributed by atoms with Crippen LogP contribution in [0.4, 0.5) is 0 Å². The summed E-state index contributed by atoms with van der Waals surface area (Å²) in [6, 6.07) is 0. The Balaban J connectivity index is -0.000000405. The minimum atomic E-state index is -5.00. The third kappa shape index (κ3) is 13.1. The van der Waals surface area contributed by atoms with Crippen molar-refractivity contribution in [3.05, 3.63) is 0 Å². The third-order valence-electron chi connectivity index (χ3n) is 0.636. The molecule has 12 heavy (non-hydrogen) atoms. The monoisotopic (exact) mass is 243 g/mol. The zero-order chi connectivity index (χ0) is 8.20. The fraction of sp³-hybridized carbons (Fsp3) is 1.00. The molecule has 4 N–H and O–H groups in total.